The lowest BCUT2D eigenvalue weighted by Gasteiger charge is -2.08. The molecule has 1 aromatic heterocycles. The van der Waals surface area contributed by atoms with Gasteiger partial charge >= 0.3 is 5.97 Å². The minimum atomic E-state index is -0.863. The van der Waals surface area contributed by atoms with Gasteiger partial charge in [0.1, 0.15) is 0 Å². The second-order valence-electron chi connectivity index (χ2n) is 5.61. The molecular weight excluding hydrogens is 264 g/mol. The van der Waals surface area contributed by atoms with Crippen molar-refractivity contribution in [1.82, 2.24) is 4.57 Å². The first-order valence-electron chi connectivity index (χ1n) is 7.64. The standard InChI is InChI=1S/C17H24N2O2/c1-3-4-6-13-11-19(8-5-7-18)16-14(13)9-12(2)10-15(16)17(20)21/h9-11H,3-8,18H2,1-2H3,(H,20,21). The van der Waals surface area contributed by atoms with Gasteiger partial charge in [0.05, 0.1) is 11.1 Å². The number of unbranched alkanes of at least 4 members (excludes halogenated alkanes) is 1. The number of aromatic carboxylic acids is 1. The lowest BCUT2D eigenvalue weighted by atomic mass is 10.0. The molecule has 4 nitrogen and oxygen atoms in total. The van der Waals surface area contributed by atoms with Crippen molar-refractivity contribution in [3.8, 4) is 0 Å². The van der Waals surface area contributed by atoms with E-state index in [2.05, 4.69) is 23.8 Å². The molecule has 0 fully saturated rings. The number of carboxylic acids is 1. The Morgan fingerprint density at radius 2 is 2.10 bits per heavy atom. The average Bonchev–Trinajstić information content (AvgIpc) is 2.79. The first kappa shape index (κ1) is 15.6. The molecular formula is C17H24N2O2. The smallest absolute Gasteiger partial charge is 0.337 e. The minimum Gasteiger partial charge on any atom is -0.478 e. The number of carbonyl (C=O) groups is 1. The third kappa shape index (κ3) is 3.27. The van der Waals surface area contributed by atoms with Crippen LogP contribution in [-0.2, 0) is 13.0 Å². The van der Waals surface area contributed by atoms with Crippen molar-refractivity contribution in [3.05, 3.63) is 35.0 Å². The number of aryl methyl sites for hydroxylation is 3. The highest BCUT2D eigenvalue weighted by molar-refractivity contribution is 6.03. The third-order valence-corrected chi connectivity index (χ3v) is 3.83. The summed E-state index contributed by atoms with van der Waals surface area (Å²) in [6, 6.07) is 3.86. The summed E-state index contributed by atoms with van der Waals surface area (Å²) in [5.74, 6) is -0.863. The first-order chi connectivity index (χ1) is 10.1. The summed E-state index contributed by atoms with van der Waals surface area (Å²) in [5, 5.41) is 10.6. The molecule has 21 heavy (non-hydrogen) atoms. The van der Waals surface area contributed by atoms with Gasteiger partial charge < -0.3 is 15.4 Å². The largest absolute Gasteiger partial charge is 0.478 e. The Labute approximate surface area is 125 Å². The highest BCUT2D eigenvalue weighted by atomic mass is 16.4. The normalized spacial score (nSPS) is 11.2. The van der Waals surface area contributed by atoms with Crippen LogP contribution in [0.15, 0.2) is 18.3 Å². The van der Waals surface area contributed by atoms with Crippen LogP contribution >= 0.6 is 0 Å². The van der Waals surface area contributed by atoms with Crippen molar-refractivity contribution < 1.29 is 9.90 Å². The number of hydrogen-bond acceptors (Lipinski definition) is 2. The molecule has 0 atom stereocenters. The number of fused-ring (bicyclic) bond motifs is 1. The predicted octanol–water partition coefficient (Wildman–Crippen LogP) is 3.34. The number of nitrogens with two attached hydrogens (primary N) is 1. The molecule has 0 aliphatic heterocycles. The van der Waals surface area contributed by atoms with Gasteiger partial charge in [0, 0.05) is 18.1 Å². The van der Waals surface area contributed by atoms with Crippen LogP contribution in [0, 0.1) is 6.92 Å². The van der Waals surface area contributed by atoms with Gasteiger partial charge in [-0.15, -0.1) is 0 Å². The van der Waals surface area contributed by atoms with E-state index < -0.39 is 5.97 Å². The lowest BCUT2D eigenvalue weighted by Crippen LogP contribution is -2.07. The maximum Gasteiger partial charge on any atom is 0.337 e. The third-order valence-electron chi connectivity index (χ3n) is 3.83. The molecule has 0 aliphatic carbocycles. The number of carboxylic acid groups (broad SMARTS) is 1. The van der Waals surface area contributed by atoms with Gasteiger partial charge in [0.25, 0.3) is 0 Å². The maximum absolute atomic E-state index is 11.6. The highest BCUT2D eigenvalue weighted by Gasteiger charge is 2.16. The van der Waals surface area contributed by atoms with Gasteiger partial charge in [-0.25, -0.2) is 4.79 Å². The number of rotatable bonds is 7. The molecule has 0 unspecified atom stereocenters. The Hall–Kier alpha value is -1.81. The van der Waals surface area contributed by atoms with Gasteiger partial charge in [-0.2, -0.15) is 0 Å². The van der Waals surface area contributed by atoms with Crippen LogP contribution in [-0.4, -0.2) is 22.2 Å². The molecule has 0 amide bonds. The Kier molecular flexibility index (Phi) is 5.02. The quantitative estimate of drug-likeness (QED) is 0.821. The highest BCUT2D eigenvalue weighted by Crippen LogP contribution is 2.28. The Bertz CT molecular complexity index is 644. The Morgan fingerprint density at radius 3 is 2.71 bits per heavy atom. The SMILES string of the molecule is CCCCc1cn(CCCN)c2c(C(=O)O)cc(C)cc12. The molecule has 0 spiro atoms. The summed E-state index contributed by atoms with van der Waals surface area (Å²) in [4.78, 5) is 11.6. The topological polar surface area (TPSA) is 68.2 Å². The van der Waals surface area contributed by atoms with Crippen LogP contribution in [0.1, 0.15) is 47.7 Å². The monoisotopic (exact) mass is 288 g/mol. The van der Waals surface area contributed by atoms with Crippen molar-refractivity contribution in [2.24, 2.45) is 5.73 Å². The zero-order valence-corrected chi connectivity index (χ0v) is 12.9. The lowest BCUT2D eigenvalue weighted by molar-refractivity contribution is 0.0698. The molecule has 114 valence electrons. The number of hydrogen-bond donors (Lipinski definition) is 2. The van der Waals surface area contributed by atoms with Gasteiger partial charge in [-0.05, 0) is 56.0 Å². The van der Waals surface area contributed by atoms with E-state index in [9.17, 15) is 9.90 Å². The molecule has 2 aromatic rings. The zero-order valence-electron chi connectivity index (χ0n) is 12.9. The minimum absolute atomic E-state index is 0.393. The zero-order chi connectivity index (χ0) is 15.4. The molecule has 0 aliphatic rings. The van der Waals surface area contributed by atoms with Crippen molar-refractivity contribution in [3.63, 3.8) is 0 Å². The molecule has 0 radical (unpaired) electrons. The number of benzene rings is 1. The summed E-state index contributed by atoms with van der Waals surface area (Å²) in [6.07, 6.45) is 6.20. The van der Waals surface area contributed by atoms with Crippen LogP contribution in [0.4, 0.5) is 0 Å². The summed E-state index contributed by atoms with van der Waals surface area (Å²) in [7, 11) is 0. The van der Waals surface area contributed by atoms with E-state index in [1.54, 1.807) is 6.07 Å². The van der Waals surface area contributed by atoms with E-state index in [1.165, 1.54) is 5.56 Å². The average molecular weight is 288 g/mol. The fourth-order valence-corrected chi connectivity index (χ4v) is 2.82. The molecule has 0 saturated carbocycles. The molecule has 1 heterocycles. The van der Waals surface area contributed by atoms with E-state index >= 15 is 0 Å². The van der Waals surface area contributed by atoms with Crippen LogP contribution in [0.5, 0.6) is 0 Å². The summed E-state index contributed by atoms with van der Waals surface area (Å²) < 4.78 is 2.07. The van der Waals surface area contributed by atoms with Crippen LogP contribution in [0.25, 0.3) is 10.9 Å². The van der Waals surface area contributed by atoms with E-state index in [0.29, 0.717) is 12.1 Å². The van der Waals surface area contributed by atoms with E-state index in [0.717, 1.165) is 48.7 Å². The molecule has 0 bridgehead atoms. The maximum atomic E-state index is 11.6. The van der Waals surface area contributed by atoms with Crippen LogP contribution in [0.2, 0.25) is 0 Å². The van der Waals surface area contributed by atoms with E-state index in [1.807, 2.05) is 6.92 Å². The van der Waals surface area contributed by atoms with Gasteiger partial charge in [0.15, 0.2) is 0 Å². The first-order valence-corrected chi connectivity index (χ1v) is 7.64. The Morgan fingerprint density at radius 1 is 1.33 bits per heavy atom. The van der Waals surface area contributed by atoms with Crippen molar-refractivity contribution in [2.45, 2.75) is 46.1 Å². The molecule has 0 saturated heterocycles. The predicted molar refractivity (Wildman–Crippen MR) is 85.9 cm³/mol. The fourth-order valence-electron chi connectivity index (χ4n) is 2.82. The molecule has 2 rings (SSSR count). The molecule has 1 aromatic carbocycles. The summed E-state index contributed by atoms with van der Waals surface area (Å²) in [5.41, 5.74) is 9.07. The van der Waals surface area contributed by atoms with Gasteiger partial charge in [-0.1, -0.05) is 13.3 Å². The number of nitrogens with zero attached hydrogens (tertiary/aromatic N) is 1. The fraction of sp³-hybridized carbons (Fsp3) is 0.471. The second kappa shape index (κ2) is 6.76. The van der Waals surface area contributed by atoms with Crippen LogP contribution < -0.4 is 5.73 Å². The summed E-state index contributed by atoms with van der Waals surface area (Å²) in [6.45, 7) is 5.49. The summed E-state index contributed by atoms with van der Waals surface area (Å²) >= 11 is 0. The van der Waals surface area contributed by atoms with E-state index in [-0.39, 0.29) is 0 Å². The van der Waals surface area contributed by atoms with Crippen LogP contribution in [0.3, 0.4) is 0 Å². The van der Waals surface area contributed by atoms with Crippen molar-refractivity contribution in [1.29, 1.82) is 0 Å². The van der Waals surface area contributed by atoms with Crippen molar-refractivity contribution >= 4 is 16.9 Å². The molecule has 3 N–H and O–H groups in total. The Balaban J connectivity index is 2.62. The van der Waals surface area contributed by atoms with Gasteiger partial charge in [-0.3, -0.25) is 0 Å². The van der Waals surface area contributed by atoms with Crippen molar-refractivity contribution in [2.75, 3.05) is 6.54 Å². The van der Waals surface area contributed by atoms with E-state index in [4.69, 9.17) is 5.73 Å². The molecule has 4 heteroatoms. The van der Waals surface area contributed by atoms with Gasteiger partial charge in [0.2, 0.25) is 0 Å². The number of aromatic nitrogens is 1. The second-order valence-corrected chi connectivity index (χ2v) is 5.61.